The minimum Gasteiger partial charge on any atom is -0.507 e. The third-order valence-electron chi connectivity index (χ3n) is 5.46. The molecule has 3 aromatic rings. The summed E-state index contributed by atoms with van der Waals surface area (Å²) in [5.41, 5.74) is 11.4. The number of carbonyl (C=O) groups is 1. The number of rotatable bonds is 6. The van der Waals surface area contributed by atoms with Crippen molar-refractivity contribution in [3.05, 3.63) is 100 Å². The molecule has 0 radical (unpaired) electrons. The monoisotopic (exact) mass is 444 g/mol. The molecule has 5 nitrogen and oxygen atoms in total. The van der Waals surface area contributed by atoms with Gasteiger partial charge in [-0.1, -0.05) is 66.7 Å². The van der Waals surface area contributed by atoms with Crippen molar-refractivity contribution >= 4 is 18.1 Å². The maximum atomic E-state index is 10.3. The maximum absolute atomic E-state index is 10.3. The zero-order valence-corrected chi connectivity index (χ0v) is 19.2. The van der Waals surface area contributed by atoms with Gasteiger partial charge < -0.3 is 15.9 Å². The Balaban J connectivity index is 0.000000709. The average molecular weight is 445 g/mol. The van der Waals surface area contributed by atoms with Crippen LogP contribution in [0.5, 0.6) is 5.75 Å². The van der Waals surface area contributed by atoms with Gasteiger partial charge in [0.2, 0.25) is 5.91 Å². The molecule has 3 aromatic carbocycles. The molecule has 0 bridgehead atoms. The molecule has 1 aliphatic heterocycles. The highest BCUT2D eigenvalue weighted by Crippen LogP contribution is 2.24. The van der Waals surface area contributed by atoms with Crippen molar-refractivity contribution < 1.29 is 15.0 Å². The van der Waals surface area contributed by atoms with Gasteiger partial charge in [0.25, 0.3) is 0 Å². The van der Waals surface area contributed by atoms with Crippen LogP contribution < -0.4 is 5.73 Å². The predicted molar refractivity (Wildman–Crippen MR) is 134 cm³/mol. The van der Waals surface area contributed by atoms with E-state index in [9.17, 15) is 15.0 Å². The molecular formula is C28H32N2O3. The Labute approximate surface area is 195 Å². The summed E-state index contributed by atoms with van der Waals surface area (Å²) in [7, 11) is 0. The zero-order valence-electron chi connectivity index (χ0n) is 19.2. The number of carbonyl (C=O) groups excluding carboxylic acids is 1. The van der Waals surface area contributed by atoms with Crippen molar-refractivity contribution in [2.24, 2.45) is 5.73 Å². The fourth-order valence-electron chi connectivity index (χ4n) is 3.81. The molecule has 1 amide bonds. The van der Waals surface area contributed by atoms with Gasteiger partial charge in [-0.25, -0.2) is 0 Å². The van der Waals surface area contributed by atoms with Crippen LogP contribution in [0.1, 0.15) is 40.3 Å². The zero-order chi connectivity index (χ0) is 23.8. The number of phenols is 1. The number of phenolic OH excluding ortho intramolecular Hbond substituents is 1. The number of benzene rings is 3. The molecule has 1 heterocycles. The standard InChI is InChI=1S/C26H27NO2.C2H5NO/c1-19-13-22(16-27-17-25(28)18-27)7-9-23(19)10-11-24-15-21(8-12-26(24)29)14-20-5-3-2-4-6-20;1-2(3)4/h2-13,15,25,28-29H,14,16-18H2,1H3;1H3,(H2,3,4)/b11-10+;. The fraction of sp³-hybridized carbons (Fsp3) is 0.250. The van der Waals surface area contributed by atoms with Crippen LogP contribution in [0.4, 0.5) is 0 Å². The lowest BCUT2D eigenvalue weighted by Crippen LogP contribution is -2.49. The molecule has 1 fully saturated rings. The quantitative estimate of drug-likeness (QED) is 0.499. The van der Waals surface area contributed by atoms with E-state index in [-0.39, 0.29) is 12.0 Å². The largest absolute Gasteiger partial charge is 0.507 e. The number of β-amino-alcohol motifs (C(OH)–C–C–N with tert-alkyl or cyclic N) is 1. The Bertz CT molecular complexity index is 1100. The number of nitrogens with two attached hydrogens (primary N) is 1. The number of aryl methyl sites for hydroxylation is 1. The highest BCUT2D eigenvalue weighted by atomic mass is 16.3. The van der Waals surface area contributed by atoms with Crippen molar-refractivity contribution in [2.45, 2.75) is 32.9 Å². The first kappa shape index (κ1) is 24.2. The van der Waals surface area contributed by atoms with Crippen molar-refractivity contribution in [3.8, 4) is 5.75 Å². The first-order valence-corrected chi connectivity index (χ1v) is 11.1. The van der Waals surface area contributed by atoms with E-state index in [2.05, 4.69) is 60.0 Å². The molecule has 0 atom stereocenters. The summed E-state index contributed by atoms with van der Waals surface area (Å²) in [6.45, 7) is 5.82. The summed E-state index contributed by atoms with van der Waals surface area (Å²) in [5.74, 6) is -0.0383. The van der Waals surface area contributed by atoms with Crippen LogP contribution in [-0.2, 0) is 17.8 Å². The van der Waals surface area contributed by atoms with E-state index in [1.807, 2.05) is 30.3 Å². The minimum atomic E-state index is -0.333. The number of primary amides is 1. The SMILES string of the molecule is CC(N)=O.Cc1cc(CN2CC(O)C2)ccc1/C=C/c1cc(Cc2ccccc2)ccc1O. The van der Waals surface area contributed by atoms with E-state index >= 15 is 0 Å². The average Bonchev–Trinajstić information content (AvgIpc) is 2.74. The van der Waals surface area contributed by atoms with Gasteiger partial charge in [0.15, 0.2) is 0 Å². The molecule has 1 saturated heterocycles. The molecule has 5 heteroatoms. The van der Waals surface area contributed by atoms with E-state index in [1.54, 1.807) is 6.07 Å². The van der Waals surface area contributed by atoms with E-state index in [0.29, 0.717) is 5.75 Å². The third-order valence-corrected chi connectivity index (χ3v) is 5.46. The molecule has 4 N–H and O–H groups in total. The van der Waals surface area contributed by atoms with Crippen LogP contribution in [0.2, 0.25) is 0 Å². The van der Waals surface area contributed by atoms with Gasteiger partial charge >= 0.3 is 0 Å². The van der Waals surface area contributed by atoms with Crippen molar-refractivity contribution in [2.75, 3.05) is 13.1 Å². The summed E-state index contributed by atoms with van der Waals surface area (Å²) in [6.07, 6.45) is 4.73. The smallest absolute Gasteiger partial charge is 0.214 e. The van der Waals surface area contributed by atoms with E-state index < -0.39 is 0 Å². The van der Waals surface area contributed by atoms with Crippen LogP contribution in [0.25, 0.3) is 12.2 Å². The number of hydrogen-bond acceptors (Lipinski definition) is 4. The van der Waals surface area contributed by atoms with Gasteiger partial charge in [-0.15, -0.1) is 0 Å². The van der Waals surface area contributed by atoms with Crippen LogP contribution >= 0.6 is 0 Å². The molecule has 172 valence electrons. The molecular weight excluding hydrogens is 412 g/mol. The number of nitrogens with zero attached hydrogens (tertiary/aromatic N) is 1. The molecule has 33 heavy (non-hydrogen) atoms. The number of aliphatic hydroxyl groups excluding tert-OH is 1. The van der Waals surface area contributed by atoms with E-state index in [0.717, 1.165) is 37.2 Å². The van der Waals surface area contributed by atoms with Crippen LogP contribution in [-0.4, -0.2) is 40.2 Å². The fourth-order valence-corrected chi connectivity index (χ4v) is 3.81. The summed E-state index contributed by atoms with van der Waals surface area (Å²) >= 11 is 0. The minimum absolute atomic E-state index is 0.163. The number of amides is 1. The highest BCUT2D eigenvalue weighted by Gasteiger charge is 2.23. The molecule has 0 spiro atoms. The molecule has 0 aliphatic carbocycles. The van der Waals surface area contributed by atoms with Crippen LogP contribution in [0.15, 0.2) is 66.7 Å². The lowest BCUT2D eigenvalue weighted by atomic mass is 10.00. The number of likely N-dealkylation sites (tertiary alicyclic amines) is 1. The number of aromatic hydroxyl groups is 1. The number of hydrogen-bond donors (Lipinski definition) is 3. The van der Waals surface area contributed by atoms with Gasteiger partial charge in [0, 0.05) is 32.1 Å². The van der Waals surface area contributed by atoms with Gasteiger partial charge in [0.05, 0.1) is 6.10 Å². The van der Waals surface area contributed by atoms with Gasteiger partial charge in [-0.3, -0.25) is 9.69 Å². The van der Waals surface area contributed by atoms with Crippen molar-refractivity contribution in [1.82, 2.24) is 4.90 Å². The van der Waals surface area contributed by atoms with Crippen molar-refractivity contribution in [3.63, 3.8) is 0 Å². The van der Waals surface area contributed by atoms with Crippen molar-refractivity contribution in [1.29, 1.82) is 0 Å². The second kappa shape index (κ2) is 11.5. The molecule has 0 unspecified atom stereocenters. The molecule has 4 rings (SSSR count). The van der Waals surface area contributed by atoms with E-state index in [4.69, 9.17) is 0 Å². The molecule has 1 aliphatic rings. The van der Waals surface area contributed by atoms with Gasteiger partial charge in [0.1, 0.15) is 5.75 Å². The Morgan fingerprint density at radius 1 is 0.970 bits per heavy atom. The number of aliphatic hydroxyl groups is 1. The first-order chi connectivity index (χ1) is 15.8. The first-order valence-electron chi connectivity index (χ1n) is 11.1. The second-order valence-electron chi connectivity index (χ2n) is 8.54. The maximum Gasteiger partial charge on any atom is 0.214 e. The Morgan fingerprint density at radius 3 is 2.24 bits per heavy atom. The summed E-state index contributed by atoms with van der Waals surface area (Å²) in [5, 5.41) is 19.7. The molecule has 0 saturated carbocycles. The molecule has 0 aromatic heterocycles. The normalized spacial score (nSPS) is 13.9. The van der Waals surface area contributed by atoms with Crippen LogP contribution in [0.3, 0.4) is 0 Å². The Morgan fingerprint density at radius 2 is 1.61 bits per heavy atom. The second-order valence-corrected chi connectivity index (χ2v) is 8.54. The lowest BCUT2D eigenvalue weighted by molar-refractivity contribution is -0.115. The van der Waals surface area contributed by atoms with Gasteiger partial charge in [-0.05, 0) is 53.3 Å². The highest BCUT2D eigenvalue weighted by molar-refractivity contribution is 5.74. The van der Waals surface area contributed by atoms with Crippen LogP contribution in [0, 0.1) is 6.92 Å². The van der Waals surface area contributed by atoms with E-state index in [1.165, 1.54) is 29.2 Å². The Kier molecular flexibility index (Phi) is 8.41. The summed E-state index contributed by atoms with van der Waals surface area (Å²) < 4.78 is 0. The summed E-state index contributed by atoms with van der Waals surface area (Å²) in [6, 6.07) is 22.6. The Hall–Kier alpha value is -3.41. The lowest BCUT2D eigenvalue weighted by Gasteiger charge is -2.35. The van der Waals surface area contributed by atoms with Gasteiger partial charge in [-0.2, -0.15) is 0 Å². The summed E-state index contributed by atoms with van der Waals surface area (Å²) in [4.78, 5) is 11.5. The topological polar surface area (TPSA) is 86.8 Å². The predicted octanol–water partition coefficient (Wildman–Crippen LogP) is 4.13. The third kappa shape index (κ3) is 7.59.